The number of nitrogens with zero attached hydrogens (tertiary/aromatic N) is 2. The van der Waals surface area contributed by atoms with Crippen molar-refractivity contribution in [3.63, 3.8) is 0 Å². The molecule has 29 heavy (non-hydrogen) atoms. The maximum Gasteiger partial charge on any atom is 0.387 e. The highest BCUT2D eigenvalue weighted by molar-refractivity contribution is 7.92. The van der Waals surface area contributed by atoms with Gasteiger partial charge in [0.15, 0.2) is 0 Å². The second-order valence-electron chi connectivity index (χ2n) is 6.64. The minimum absolute atomic E-state index is 0.0485. The van der Waals surface area contributed by atoms with Crippen molar-refractivity contribution in [2.24, 2.45) is 0 Å². The molecule has 1 aliphatic rings. The largest absolute Gasteiger partial charge is 0.495 e. The Hall–Kier alpha value is -2.59. The fraction of sp³-hybridized carbons (Fsp3) is 0.368. The van der Waals surface area contributed by atoms with Crippen molar-refractivity contribution in [3.05, 3.63) is 42.5 Å². The van der Waals surface area contributed by atoms with E-state index in [4.69, 9.17) is 4.74 Å². The second kappa shape index (κ2) is 8.83. The van der Waals surface area contributed by atoms with Gasteiger partial charge in [-0.05, 0) is 37.4 Å². The maximum atomic E-state index is 12.9. The molecule has 3 rings (SSSR count). The Kier molecular flexibility index (Phi) is 6.43. The van der Waals surface area contributed by atoms with Gasteiger partial charge in [-0.1, -0.05) is 6.07 Å². The first kappa shape index (κ1) is 21.1. The van der Waals surface area contributed by atoms with Crippen molar-refractivity contribution in [2.45, 2.75) is 11.5 Å². The number of nitrogens with one attached hydrogen (secondary N) is 1. The first-order valence-electron chi connectivity index (χ1n) is 8.98. The normalized spacial score (nSPS) is 15.4. The molecule has 158 valence electrons. The summed E-state index contributed by atoms with van der Waals surface area (Å²) in [6.07, 6.45) is 0. The summed E-state index contributed by atoms with van der Waals surface area (Å²) in [5.74, 6) is 0.453. The average Bonchev–Trinajstić information content (AvgIpc) is 2.67. The molecule has 0 saturated carbocycles. The summed E-state index contributed by atoms with van der Waals surface area (Å²) in [4.78, 5) is 4.32. The SMILES string of the molecule is COc1ccc(S(=O)(=O)Nc2cccc(OC(F)F)c2)cc1N1CCN(C)CC1. The zero-order valence-corrected chi connectivity index (χ0v) is 17.0. The van der Waals surface area contributed by atoms with Crippen LogP contribution in [0.1, 0.15) is 0 Å². The van der Waals surface area contributed by atoms with E-state index in [0.717, 1.165) is 26.2 Å². The molecule has 10 heteroatoms. The van der Waals surface area contributed by atoms with Gasteiger partial charge < -0.3 is 19.3 Å². The standard InChI is InChI=1S/C19H23F2N3O4S/c1-23-8-10-24(11-9-23)17-13-16(6-7-18(17)27-2)29(25,26)22-14-4-3-5-15(12-14)28-19(20)21/h3-7,12-13,19,22H,8-11H2,1-2H3. The highest BCUT2D eigenvalue weighted by Gasteiger charge is 2.22. The molecule has 0 atom stereocenters. The molecular weight excluding hydrogens is 404 g/mol. The Balaban J connectivity index is 1.86. The number of rotatable bonds is 7. The molecule has 0 aliphatic carbocycles. The molecule has 0 spiro atoms. The minimum Gasteiger partial charge on any atom is -0.495 e. The topological polar surface area (TPSA) is 71.1 Å². The Morgan fingerprint density at radius 2 is 1.79 bits per heavy atom. The third-order valence-corrected chi connectivity index (χ3v) is 5.99. The van der Waals surface area contributed by atoms with E-state index < -0.39 is 16.6 Å². The van der Waals surface area contributed by atoms with Crippen molar-refractivity contribution in [2.75, 3.05) is 50.0 Å². The Bertz CT molecular complexity index is 948. The molecule has 1 heterocycles. The lowest BCUT2D eigenvalue weighted by Crippen LogP contribution is -2.44. The van der Waals surface area contributed by atoms with E-state index in [-0.39, 0.29) is 16.3 Å². The van der Waals surface area contributed by atoms with E-state index >= 15 is 0 Å². The minimum atomic E-state index is -3.94. The molecular formula is C19H23F2N3O4S. The number of ether oxygens (including phenoxy) is 2. The van der Waals surface area contributed by atoms with Crippen molar-refractivity contribution >= 4 is 21.4 Å². The number of sulfonamides is 1. The number of methoxy groups -OCH3 is 1. The number of alkyl halides is 2. The Morgan fingerprint density at radius 3 is 2.45 bits per heavy atom. The number of hydrogen-bond acceptors (Lipinski definition) is 6. The quantitative estimate of drug-likeness (QED) is 0.733. The number of anilines is 2. The fourth-order valence-electron chi connectivity index (χ4n) is 3.08. The number of likely N-dealkylation sites (N-methyl/N-ethyl adjacent to an activating group) is 1. The molecule has 1 saturated heterocycles. The third-order valence-electron chi connectivity index (χ3n) is 4.62. The summed E-state index contributed by atoms with van der Waals surface area (Å²) in [5.41, 5.74) is 0.818. The molecule has 1 N–H and O–H groups in total. The number of benzene rings is 2. The molecule has 2 aromatic rings. The zero-order valence-electron chi connectivity index (χ0n) is 16.1. The van der Waals surface area contributed by atoms with Crippen LogP contribution in [0.3, 0.4) is 0 Å². The van der Waals surface area contributed by atoms with Gasteiger partial charge >= 0.3 is 6.61 Å². The summed E-state index contributed by atoms with van der Waals surface area (Å²) >= 11 is 0. The van der Waals surface area contributed by atoms with Gasteiger partial charge in [0.2, 0.25) is 0 Å². The van der Waals surface area contributed by atoms with Gasteiger partial charge in [0.25, 0.3) is 10.0 Å². The van der Waals surface area contributed by atoms with Crippen LogP contribution in [0.15, 0.2) is 47.4 Å². The van der Waals surface area contributed by atoms with E-state index in [1.165, 1.54) is 37.4 Å². The van der Waals surface area contributed by atoms with Crippen LogP contribution < -0.4 is 19.1 Å². The van der Waals surface area contributed by atoms with Crippen LogP contribution in [0.2, 0.25) is 0 Å². The Morgan fingerprint density at radius 1 is 1.07 bits per heavy atom. The number of hydrogen-bond donors (Lipinski definition) is 1. The third kappa shape index (κ3) is 5.27. The van der Waals surface area contributed by atoms with E-state index in [9.17, 15) is 17.2 Å². The van der Waals surface area contributed by atoms with Crippen LogP contribution >= 0.6 is 0 Å². The van der Waals surface area contributed by atoms with Crippen LogP contribution in [0, 0.1) is 0 Å². The lowest BCUT2D eigenvalue weighted by Gasteiger charge is -2.34. The second-order valence-corrected chi connectivity index (χ2v) is 8.32. The summed E-state index contributed by atoms with van der Waals surface area (Å²) in [6.45, 7) is 0.215. The first-order chi connectivity index (χ1) is 13.8. The van der Waals surface area contributed by atoms with Crippen molar-refractivity contribution < 1.29 is 26.7 Å². The first-order valence-corrected chi connectivity index (χ1v) is 10.5. The number of piperazine rings is 1. The van der Waals surface area contributed by atoms with Crippen molar-refractivity contribution in [1.29, 1.82) is 0 Å². The average molecular weight is 427 g/mol. The summed E-state index contributed by atoms with van der Waals surface area (Å²) in [5, 5.41) is 0. The van der Waals surface area contributed by atoms with E-state index in [1.807, 2.05) is 7.05 Å². The summed E-state index contributed by atoms with van der Waals surface area (Å²) in [6, 6.07) is 10.0. The van der Waals surface area contributed by atoms with Gasteiger partial charge in [-0.2, -0.15) is 8.78 Å². The van der Waals surface area contributed by atoms with E-state index in [1.54, 1.807) is 12.1 Å². The van der Waals surface area contributed by atoms with Gasteiger partial charge in [-0.25, -0.2) is 8.42 Å². The highest BCUT2D eigenvalue weighted by atomic mass is 32.2. The fourth-order valence-corrected chi connectivity index (χ4v) is 4.15. The summed E-state index contributed by atoms with van der Waals surface area (Å²) in [7, 11) is -0.371. The van der Waals surface area contributed by atoms with Gasteiger partial charge in [0, 0.05) is 32.2 Å². The molecule has 1 fully saturated rings. The van der Waals surface area contributed by atoms with Crippen LogP contribution in [0.5, 0.6) is 11.5 Å². The maximum absolute atomic E-state index is 12.9. The smallest absolute Gasteiger partial charge is 0.387 e. The predicted molar refractivity (Wildman–Crippen MR) is 107 cm³/mol. The lowest BCUT2D eigenvalue weighted by atomic mass is 10.2. The molecule has 0 aromatic heterocycles. The molecule has 2 aromatic carbocycles. The number of halogens is 2. The van der Waals surface area contributed by atoms with E-state index in [0.29, 0.717) is 11.4 Å². The predicted octanol–water partition coefficient (Wildman–Crippen LogP) is 2.85. The molecule has 7 nitrogen and oxygen atoms in total. The lowest BCUT2D eigenvalue weighted by molar-refractivity contribution is -0.0497. The summed E-state index contributed by atoms with van der Waals surface area (Å²) < 4.78 is 62.6. The molecule has 0 amide bonds. The van der Waals surface area contributed by atoms with Crippen LogP contribution in [0.4, 0.5) is 20.2 Å². The van der Waals surface area contributed by atoms with Gasteiger partial charge in [-0.3, -0.25) is 4.72 Å². The highest BCUT2D eigenvalue weighted by Crippen LogP contribution is 2.32. The van der Waals surface area contributed by atoms with Crippen molar-refractivity contribution in [3.8, 4) is 11.5 Å². The molecule has 0 bridgehead atoms. The molecule has 0 radical (unpaired) electrons. The van der Waals surface area contributed by atoms with Gasteiger partial charge in [0.1, 0.15) is 11.5 Å². The van der Waals surface area contributed by atoms with Crippen LogP contribution in [0.25, 0.3) is 0 Å². The monoisotopic (exact) mass is 427 g/mol. The molecule has 1 aliphatic heterocycles. The van der Waals surface area contributed by atoms with E-state index in [2.05, 4.69) is 19.3 Å². The zero-order chi connectivity index (χ0) is 21.0. The van der Waals surface area contributed by atoms with Crippen molar-refractivity contribution in [1.82, 2.24) is 4.90 Å². The van der Waals surface area contributed by atoms with Crippen LogP contribution in [-0.2, 0) is 10.0 Å². The molecule has 0 unspecified atom stereocenters. The Labute approximate surface area is 168 Å². The van der Waals surface area contributed by atoms with Gasteiger partial charge in [0.05, 0.1) is 23.4 Å². The van der Waals surface area contributed by atoms with Crippen LogP contribution in [-0.4, -0.2) is 60.3 Å². The van der Waals surface area contributed by atoms with Gasteiger partial charge in [-0.15, -0.1) is 0 Å².